The van der Waals surface area contributed by atoms with Crippen molar-refractivity contribution in [3.8, 4) is 0 Å². The van der Waals surface area contributed by atoms with Gasteiger partial charge in [-0.05, 0) is 37.1 Å². The summed E-state index contributed by atoms with van der Waals surface area (Å²) in [6.45, 7) is 1.23. The van der Waals surface area contributed by atoms with Gasteiger partial charge in [0.2, 0.25) is 0 Å². The predicted molar refractivity (Wildman–Crippen MR) is 109 cm³/mol. The maximum Gasteiger partial charge on any atom is 0.338 e. The quantitative estimate of drug-likeness (QED) is 0.439. The number of rotatable bonds is 5. The van der Waals surface area contributed by atoms with Crippen molar-refractivity contribution in [1.82, 2.24) is 4.90 Å². The summed E-state index contributed by atoms with van der Waals surface area (Å²) in [6.07, 6.45) is 1.80. The number of non-ortho nitro benzene ring substituents is 1. The largest absolute Gasteiger partial charge is 0.465 e. The number of nitrogens with zero attached hydrogens (tertiary/aromatic N) is 2. The number of nitro groups is 1. The molecule has 0 saturated carbocycles. The number of amides is 2. The highest BCUT2D eigenvalue weighted by atomic mass is 35.5. The lowest BCUT2D eigenvalue weighted by atomic mass is 10.1. The van der Waals surface area contributed by atoms with Crippen molar-refractivity contribution in [1.29, 1.82) is 0 Å². The van der Waals surface area contributed by atoms with E-state index in [2.05, 4.69) is 10.1 Å². The van der Waals surface area contributed by atoms with Gasteiger partial charge in [0, 0.05) is 35.8 Å². The van der Waals surface area contributed by atoms with Crippen LogP contribution in [0.2, 0.25) is 5.02 Å². The molecule has 0 spiro atoms. The maximum atomic E-state index is 12.8. The van der Waals surface area contributed by atoms with E-state index in [1.165, 1.54) is 24.3 Å². The lowest BCUT2D eigenvalue weighted by molar-refractivity contribution is -0.384. The fourth-order valence-corrected chi connectivity index (χ4v) is 3.34. The van der Waals surface area contributed by atoms with E-state index >= 15 is 0 Å². The molecular weight excluding hydrogens is 414 g/mol. The van der Waals surface area contributed by atoms with Crippen LogP contribution in [0.3, 0.4) is 0 Å². The number of benzene rings is 2. The number of hydrogen-bond acceptors (Lipinski definition) is 6. The van der Waals surface area contributed by atoms with Crippen LogP contribution in [0.5, 0.6) is 0 Å². The average Bonchev–Trinajstić information content (AvgIpc) is 3.28. The second kappa shape index (κ2) is 8.91. The minimum atomic E-state index is -0.816. The normalized spacial score (nSPS) is 13.1. The van der Waals surface area contributed by atoms with Gasteiger partial charge in [-0.25, -0.2) is 4.79 Å². The summed E-state index contributed by atoms with van der Waals surface area (Å²) >= 11 is 6.04. The lowest BCUT2D eigenvalue weighted by Crippen LogP contribution is -2.29. The van der Waals surface area contributed by atoms with E-state index in [1.54, 1.807) is 4.90 Å². The molecule has 3 rings (SSSR count). The number of carbonyl (C=O) groups excluding carboxylic acids is 3. The minimum Gasteiger partial charge on any atom is -0.465 e. The Hall–Kier alpha value is -3.46. The van der Waals surface area contributed by atoms with Crippen LogP contribution in [0.4, 0.5) is 11.4 Å². The molecule has 2 amide bonds. The van der Waals surface area contributed by atoms with Gasteiger partial charge in [-0.3, -0.25) is 19.7 Å². The Balaban J connectivity index is 1.94. The highest BCUT2D eigenvalue weighted by molar-refractivity contribution is 6.31. The molecule has 1 fully saturated rings. The van der Waals surface area contributed by atoms with E-state index in [0.717, 1.165) is 32.1 Å². The van der Waals surface area contributed by atoms with Crippen LogP contribution in [0.1, 0.15) is 43.9 Å². The first-order valence-corrected chi connectivity index (χ1v) is 9.46. The van der Waals surface area contributed by atoms with Gasteiger partial charge in [-0.15, -0.1) is 0 Å². The fraction of sp³-hybridized carbons (Fsp3) is 0.250. The molecule has 0 atom stereocenters. The van der Waals surface area contributed by atoms with Crippen molar-refractivity contribution in [2.24, 2.45) is 0 Å². The van der Waals surface area contributed by atoms with Crippen LogP contribution >= 0.6 is 11.6 Å². The highest BCUT2D eigenvalue weighted by Crippen LogP contribution is 2.25. The summed E-state index contributed by atoms with van der Waals surface area (Å²) in [6, 6.07) is 7.72. The first-order chi connectivity index (χ1) is 14.3. The van der Waals surface area contributed by atoms with Crippen molar-refractivity contribution >= 4 is 40.8 Å². The summed E-state index contributed by atoms with van der Waals surface area (Å²) in [5, 5.41) is 14.1. The molecule has 9 nitrogen and oxygen atoms in total. The zero-order chi connectivity index (χ0) is 21.8. The number of anilines is 1. The molecule has 10 heteroatoms. The van der Waals surface area contributed by atoms with E-state index in [4.69, 9.17) is 11.6 Å². The first-order valence-electron chi connectivity index (χ1n) is 9.08. The van der Waals surface area contributed by atoms with Crippen molar-refractivity contribution in [3.05, 3.63) is 68.2 Å². The molecule has 0 bridgehead atoms. The van der Waals surface area contributed by atoms with Crippen LogP contribution in [-0.4, -0.2) is 47.8 Å². The summed E-state index contributed by atoms with van der Waals surface area (Å²) < 4.78 is 4.59. The van der Waals surface area contributed by atoms with Crippen molar-refractivity contribution in [3.63, 3.8) is 0 Å². The molecule has 2 aromatic rings. The molecular formula is C20H18ClN3O6. The van der Waals surface area contributed by atoms with Gasteiger partial charge < -0.3 is 15.0 Å². The Morgan fingerprint density at radius 2 is 1.77 bits per heavy atom. The lowest BCUT2D eigenvalue weighted by Gasteiger charge is -2.18. The maximum absolute atomic E-state index is 12.8. The monoisotopic (exact) mass is 431 g/mol. The molecule has 1 aliphatic rings. The Labute approximate surface area is 176 Å². The number of nitrogens with one attached hydrogen (secondary N) is 1. The van der Waals surface area contributed by atoms with E-state index in [-0.39, 0.29) is 28.3 Å². The molecule has 156 valence electrons. The van der Waals surface area contributed by atoms with Gasteiger partial charge in [0.15, 0.2) is 0 Å². The minimum absolute atomic E-state index is 0.126. The average molecular weight is 432 g/mol. The van der Waals surface area contributed by atoms with Gasteiger partial charge in [0.05, 0.1) is 28.8 Å². The Bertz CT molecular complexity index is 1030. The number of nitro benzene ring substituents is 1. The Morgan fingerprint density at radius 3 is 2.40 bits per heavy atom. The summed E-state index contributed by atoms with van der Waals surface area (Å²) in [4.78, 5) is 49.6. The van der Waals surface area contributed by atoms with Crippen LogP contribution in [-0.2, 0) is 4.74 Å². The molecule has 1 aliphatic heterocycles. The molecule has 1 N–H and O–H groups in total. The third-order valence-electron chi connectivity index (χ3n) is 4.67. The van der Waals surface area contributed by atoms with Gasteiger partial charge in [-0.2, -0.15) is 0 Å². The highest BCUT2D eigenvalue weighted by Gasteiger charge is 2.24. The second-order valence-corrected chi connectivity index (χ2v) is 7.10. The third kappa shape index (κ3) is 4.57. The Morgan fingerprint density at radius 1 is 1.10 bits per heavy atom. The SMILES string of the molecule is COC(=O)c1cc(C(=O)Nc2ccc(Cl)cc2C(=O)N2CCCC2)cc([N+](=O)[O-])c1. The van der Waals surface area contributed by atoms with Crippen molar-refractivity contribution in [2.45, 2.75) is 12.8 Å². The number of likely N-dealkylation sites (tertiary alicyclic amines) is 1. The number of carbonyl (C=O) groups is 3. The summed E-state index contributed by atoms with van der Waals surface area (Å²) in [5.41, 5.74) is -0.267. The number of halogens is 1. The van der Waals surface area contributed by atoms with E-state index in [1.807, 2.05) is 0 Å². The molecule has 0 unspecified atom stereocenters. The topological polar surface area (TPSA) is 119 Å². The first kappa shape index (κ1) is 21.3. The number of methoxy groups -OCH3 is 1. The summed E-state index contributed by atoms with van der Waals surface area (Å²) in [5.74, 6) is -1.80. The number of hydrogen-bond donors (Lipinski definition) is 1. The van der Waals surface area contributed by atoms with Gasteiger partial charge in [0.1, 0.15) is 0 Å². The van der Waals surface area contributed by atoms with Crippen LogP contribution in [0.25, 0.3) is 0 Å². The van der Waals surface area contributed by atoms with Crippen molar-refractivity contribution in [2.75, 3.05) is 25.5 Å². The molecule has 0 aliphatic carbocycles. The van der Waals surface area contributed by atoms with E-state index in [9.17, 15) is 24.5 Å². The molecule has 30 heavy (non-hydrogen) atoms. The van der Waals surface area contributed by atoms with Crippen LogP contribution < -0.4 is 5.32 Å². The zero-order valence-corrected chi connectivity index (χ0v) is 16.8. The zero-order valence-electron chi connectivity index (χ0n) is 16.0. The molecule has 1 saturated heterocycles. The predicted octanol–water partition coefficient (Wildman–Crippen LogP) is 3.52. The van der Waals surface area contributed by atoms with Gasteiger partial charge in [-0.1, -0.05) is 11.6 Å². The van der Waals surface area contributed by atoms with Crippen LogP contribution in [0.15, 0.2) is 36.4 Å². The smallest absolute Gasteiger partial charge is 0.338 e. The molecule has 2 aromatic carbocycles. The van der Waals surface area contributed by atoms with E-state index < -0.39 is 22.5 Å². The third-order valence-corrected chi connectivity index (χ3v) is 4.90. The van der Waals surface area contributed by atoms with Gasteiger partial charge in [0.25, 0.3) is 17.5 Å². The van der Waals surface area contributed by atoms with Crippen molar-refractivity contribution < 1.29 is 24.0 Å². The van der Waals surface area contributed by atoms with E-state index in [0.29, 0.717) is 18.1 Å². The van der Waals surface area contributed by atoms with Gasteiger partial charge >= 0.3 is 5.97 Å². The molecule has 1 heterocycles. The molecule has 0 aromatic heterocycles. The van der Waals surface area contributed by atoms with Crippen LogP contribution in [0, 0.1) is 10.1 Å². The molecule has 0 radical (unpaired) electrons. The number of ether oxygens (including phenoxy) is 1. The Kier molecular flexibility index (Phi) is 6.31. The summed E-state index contributed by atoms with van der Waals surface area (Å²) in [7, 11) is 1.13. The fourth-order valence-electron chi connectivity index (χ4n) is 3.17. The number of esters is 1. The second-order valence-electron chi connectivity index (χ2n) is 6.66. The standard InChI is InChI=1S/C20H18ClN3O6/c1-30-20(27)13-8-12(9-15(10-13)24(28)29)18(25)22-17-5-4-14(21)11-16(17)19(26)23-6-2-3-7-23/h4-5,8-11H,2-3,6-7H2,1H3,(H,22,25).